The van der Waals surface area contributed by atoms with Gasteiger partial charge in [0.05, 0.1) is 27.1 Å². The number of Topliss-reactive ketones (excluding diaryl/α,β-unsaturated/α-hetero) is 1. The van der Waals surface area contributed by atoms with E-state index in [2.05, 4.69) is 0 Å². The fraction of sp³-hybridized carbons (Fsp3) is 0.588. The van der Waals surface area contributed by atoms with E-state index in [-0.39, 0.29) is 5.78 Å². The van der Waals surface area contributed by atoms with Crippen LogP contribution < -0.4 is 14.2 Å². The van der Waals surface area contributed by atoms with Crippen LogP contribution in [0.1, 0.15) is 47.5 Å². The molecule has 0 radical (unpaired) electrons. The maximum Gasteiger partial charge on any atom is 0.203 e. The zero-order chi connectivity index (χ0) is 15.7. The van der Waals surface area contributed by atoms with E-state index < -0.39 is 0 Å². The van der Waals surface area contributed by atoms with E-state index in [4.69, 9.17) is 14.2 Å². The van der Waals surface area contributed by atoms with E-state index in [1.165, 1.54) is 19.3 Å². The number of ketones is 1. The summed E-state index contributed by atoms with van der Waals surface area (Å²) in [7, 11) is 4.83. The van der Waals surface area contributed by atoms with Gasteiger partial charge in [-0.15, -0.1) is 11.8 Å². The van der Waals surface area contributed by atoms with Gasteiger partial charge < -0.3 is 14.2 Å². The molecule has 5 heteroatoms. The smallest absolute Gasteiger partial charge is 0.203 e. The molecule has 120 valence electrons. The summed E-state index contributed by atoms with van der Waals surface area (Å²) >= 11 is 1.79. The van der Waals surface area contributed by atoms with Crippen LogP contribution in [0.5, 0.6) is 17.2 Å². The standard InChI is InChI=1S/C17H22O4S/c1-19-13-8-11-12(18)9-22-14-7-5-4-6-10(14)15(11)17(21-3)16(13)20-2/h8,10,14H,4-7,9H2,1-3H3/t10-,14-/m0/s1. The van der Waals surface area contributed by atoms with Crippen molar-refractivity contribution in [1.82, 2.24) is 0 Å². The zero-order valence-corrected chi connectivity index (χ0v) is 14.1. The number of fused-ring (bicyclic) bond motifs is 3. The van der Waals surface area contributed by atoms with Crippen LogP contribution in [0.4, 0.5) is 0 Å². The summed E-state index contributed by atoms with van der Waals surface area (Å²) in [5, 5.41) is 0.492. The average molecular weight is 322 g/mol. The Morgan fingerprint density at radius 2 is 1.77 bits per heavy atom. The fourth-order valence-electron chi connectivity index (χ4n) is 3.66. The minimum atomic E-state index is 0.161. The van der Waals surface area contributed by atoms with E-state index in [0.717, 1.165) is 17.5 Å². The Bertz CT molecular complexity index is 585. The molecular formula is C17H22O4S. The predicted molar refractivity (Wildman–Crippen MR) is 87.9 cm³/mol. The number of carbonyl (C=O) groups excluding carboxylic acids is 1. The normalized spacial score (nSPS) is 24.0. The first kappa shape index (κ1) is 15.5. The number of methoxy groups -OCH3 is 3. The molecule has 0 unspecified atom stereocenters. The highest BCUT2D eigenvalue weighted by Gasteiger charge is 2.37. The quantitative estimate of drug-likeness (QED) is 0.849. The highest BCUT2D eigenvalue weighted by atomic mass is 32.2. The molecule has 1 saturated carbocycles. The molecule has 1 aromatic rings. The Hall–Kier alpha value is -1.36. The third-order valence-corrected chi connectivity index (χ3v) is 6.09. The van der Waals surface area contributed by atoms with Crippen LogP contribution >= 0.6 is 11.8 Å². The second-order valence-corrected chi connectivity index (χ2v) is 7.00. The van der Waals surface area contributed by atoms with Crippen LogP contribution in [0, 0.1) is 0 Å². The molecule has 0 amide bonds. The molecule has 22 heavy (non-hydrogen) atoms. The van der Waals surface area contributed by atoms with Crippen molar-refractivity contribution < 1.29 is 19.0 Å². The van der Waals surface area contributed by atoms with Crippen LogP contribution in [0.25, 0.3) is 0 Å². The van der Waals surface area contributed by atoms with Crippen LogP contribution in [-0.2, 0) is 0 Å². The lowest BCUT2D eigenvalue weighted by molar-refractivity contribution is 0.102. The maximum absolute atomic E-state index is 12.6. The Morgan fingerprint density at radius 3 is 2.45 bits per heavy atom. The van der Waals surface area contributed by atoms with Gasteiger partial charge in [0, 0.05) is 22.3 Å². The minimum absolute atomic E-state index is 0.161. The van der Waals surface area contributed by atoms with E-state index in [0.29, 0.717) is 34.2 Å². The van der Waals surface area contributed by atoms with Crippen molar-refractivity contribution in [1.29, 1.82) is 0 Å². The van der Waals surface area contributed by atoms with Crippen LogP contribution in [0.2, 0.25) is 0 Å². The zero-order valence-electron chi connectivity index (χ0n) is 13.3. The number of thioether (sulfide) groups is 1. The molecule has 3 rings (SSSR count). The topological polar surface area (TPSA) is 44.8 Å². The Kier molecular flexibility index (Phi) is 4.52. The lowest BCUT2D eigenvalue weighted by atomic mass is 9.80. The Morgan fingerprint density at radius 1 is 1.05 bits per heavy atom. The fourth-order valence-corrected chi connectivity index (χ4v) is 5.02. The number of hydrogen-bond acceptors (Lipinski definition) is 5. The first-order valence-corrected chi connectivity index (χ1v) is 8.73. The molecule has 0 aromatic heterocycles. The maximum atomic E-state index is 12.6. The number of ether oxygens (including phenoxy) is 3. The van der Waals surface area contributed by atoms with Gasteiger partial charge in [-0.1, -0.05) is 12.8 Å². The molecule has 1 aromatic carbocycles. The Balaban J connectivity index is 2.24. The predicted octanol–water partition coefficient (Wildman–Crippen LogP) is 3.67. The first-order chi connectivity index (χ1) is 10.7. The lowest BCUT2D eigenvalue weighted by Gasteiger charge is -2.31. The molecule has 1 fully saturated rings. The first-order valence-electron chi connectivity index (χ1n) is 7.69. The van der Waals surface area contributed by atoms with Crippen molar-refractivity contribution in [3.8, 4) is 17.2 Å². The third kappa shape index (κ3) is 2.45. The van der Waals surface area contributed by atoms with Gasteiger partial charge in [0.2, 0.25) is 5.75 Å². The number of rotatable bonds is 3. The van der Waals surface area contributed by atoms with E-state index in [1.54, 1.807) is 33.1 Å². The van der Waals surface area contributed by atoms with Gasteiger partial charge in [0.15, 0.2) is 17.3 Å². The van der Waals surface area contributed by atoms with Gasteiger partial charge in [0.1, 0.15) is 0 Å². The molecular weight excluding hydrogens is 300 g/mol. The van der Waals surface area contributed by atoms with Gasteiger partial charge >= 0.3 is 0 Å². The summed E-state index contributed by atoms with van der Waals surface area (Å²) < 4.78 is 16.6. The molecule has 2 atom stereocenters. The van der Waals surface area contributed by atoms with Gasteiger partial charge in [-0.25, -0.2) is 0 Å². The van der Waals surface area contributed by atoms with Gasteiger partial charge in [0.25, 0.3) is 0 Å². The van der Waals surface area contributed by atoms with Crippen molar-refractivity contribution in [2.75, 3.05) is 27.1 Å². The number of hydrogen-bond donors (Lipinski definition) is 0. The second-order valence-electron chi connectivity index (χ2n) is 5.77. The SMILES string of the molecule is COc1cc2c(c(OC)c1OC)[C@H]1CCCC[C@@H]1SCC2=O. The van der Waals surface area contributed by atoms with Gasteiger partial charge in [-0.05, 0) is 18.9 Å². The molecule has 1 aliphatic heterocycles. The Labute approximate surface area is 135 Å². The monoisotopic (exact) mass is 322 g/mol. The van der Waals surface area contributed by atoms with E-state index in [9.17, 15) is 4.79 Å². The summed E-state index contributed by atoms with van der Waals surface area (Å²) in [4.78, 5) is 12.6. The van der Waals surface area contributed by atoms with E-state index in [1.807, 2.05) is 6.07 Å². The summed E-state index contributed by atoms with van der Waals surface area (Å²) in [5.41, 5.74) is 1.77. The molecule has 2 aliphatic rings. The highest BCUT2D eigenvalue weighted by Crippen LogP contribution is 2.52. The van der Waals surface area contributed by atoms with Crippen molar-refractivity contribution in [2.24, 2.45) is 0 Å². The van der Waals surface area contributed by atoms with Crippen molar-refractivity contribution >= 4 is 17.5 Å². The van der Waals surface area contributed by atoms with E-state index >= 15 is 0 Å². The summed E-state index contributed by atoms with van der Waals surface area (Å²) in [6, 6.07) is 1.83. The summed E-state index contributed by atoms with van der Waals surface area (Å²) in [6.07, 6.45) is 4.71. The molecule has 4 nitrogen and oxygen atoms in total. The minimum Gasteiger partial charge on any atom is -0.493 e. The van der Waals surface area contributed by atoms with Crippen LogP contribution in [0.3, 0.4) is 0 Å². The third-order valence-electron chi connectivity index (χ3n) is 4.67. The van der Waals surface area contributed by atoms with Gasteiger partial charge in [-0.3, -0.25) is 4.79 Å². The number of benzene rings is 1. The second kappa shape index (κ2) is 6.41. The largest absolute Gasteiger partial charge is 0.493 e. The molecule has 0 spiro atoms. The highest BCUT2D eigenvalue weighted by molar-refractivity contribution is 8.00. The molecule has 1 aliphatic carbocycles. The van der Waals surface area contributed by atoms with Crippen molar-refractivity contribution in [3.05, 3.63) is 17.2 Å². The van der Waals surface area contributed by atoms with Gasteiger partial charge in [-0.2, -0.15) is 0 Å². The lowest BCUT2D eigenvalue weighted by Crippen LogP contribution is -2.20. The van der Waals surface area contributed by atoms with Crippen molar-refractivity contribution in [2.45, 2.75) is 36.9 Å². The molecule has 1 heterocycles. The van der Waals surface area contributed by atoms with Crippen LogP contribution in [0.15, 0.2) is 6.07 Å². The summed E-state index contributed by atoms with van der Waals surface area (Å²) in [6.45, 7) is 0. The number of carbonyl (C=O) groups is 1. The molecule has 0 saturated heterocycles. The van der Waals surface area contributed by atoms with Crippen molar-refractivity contribution in [3.63, 3.8) is 0 Å². The summed E-state index contributed by atoms with van der Waals surface area (Å²) in [5.74, 6) is 2.87. The average Bonchev–Trinajstić information content (AvgIpc) is 2.70. The molecule has 0 N–H and O–H groups in total. The van der Waals surface area contributed by atoms with Crippen LogP contribution in [-0.4, -0.2) is 38.1 Å². The molecule has 0 bridgehead atoms.